The predicted octanol–water partition coefficient (Wildman–Crippen LogP) is 3.77. The van der Waals surface area contributed by atoms with Crippen molar-refractivity contribution in [2.45, 2.75) is 64.1 Å². The quantitative estimate of drug-likeness (QED) is 0.312. The summed E-state index contributed by atoms with van der Waals surface area (Å²) < 4.78 is 5.29. The predicted molar refractivity (Wildman–Crippen MR) is 139 cm³/mol. The molecule has 4 N–H and O–H groups in total. The fourth-order valence-electron chi connectivity index (χ4n) is 3.94. The van der Waals surface area contributed by atoms with Crippen LogP contribution in [0.25, 0.3) is 10.9 Å². The van der Waals surface area contributed by atoms with Crippen LogP contribution in [0.2, 0.25) is 0 Å². The van der Waals surface area contributed by atoms with E-state index in [0.29, 0.717) is 0 Å². The zero-order chi connectivity index (χ0) is 27.0. The normalized spacial score (nSPS) is 12.9. The highest BCUT2D eigenvalue weighted by Crippen LogP contribution is 2.19. The van der Waals surface area contributed by atoms with Gasteiger partial charge in [0.1, 0.15) is 11.6 Å². The van der Waals surface area contributed by atoms with Gasteiger partial charge in [-0.2, -0.15) is 0 Å². The summed E-state index contributed by atoms with van der Waals surface area (Å²) in [6.07, 6.45) is 0.952. The third-order valence-electron chi connectivity index (χ3n) is 5.69. The van der Waals surface area contributed by atoms with Gasteiger partial charge in [-0.3, -0.25) is 9.59 Å². The van der Waals surface area contributed by atoms with Gasteiger partial charge in [0.25, 0.3) is 0 Å². The number of carboxylic acid groups (broad SMARTS) is 1. The number of nitrogens with one attached hydrogen (secondary N) is 3. The molecule has 9 heteroatoms. The number of ketones is 1. The molecule has 0 unspecified atom stereocenters. The van der Waals surface area contributed by atoms with Gasteiger partial charge >= 0.3 is 12.1 Å². The molecule has 196 valence electrons. The lowest BCUT2D eigenvalue weighted by atomic mass is 9.99. The topological polar surface area (TPSA) is 138 Å². The molecule has 3 rings (SSSR count). The number of aromatic nitrogens is 1. The summed E-state index contributed by atoms with van der Waals surface area (Å²) in [4.78, 5) is 52.9. The number of amides is 2. The molecule has 0 aliphatic carbocycles. The molecular formula is C28H33N3O6. The van der Waals surface area contributed by atoms with E-state index in [1.165, 1.54) is 0 Å². The first-order valence-corrected chi connectivity index (χ1v) is 12.1. The summed E-state index contributed by atoms with van der Waals surface area (Å²) in [5, 5.41) is 15.7. The largest absolute Gasteiger partial charge is 0.480 e. The highest BCUT2D eigenvalue weighted by molar-refractivity contribution is 5.92. The smallest absolute Gasteiger partial charge is 0.408 e. The fraction of sp³-hybridized carbons (Fsp3) is 0.357. The number of carboxylic acids is 1. The van der Waals surface area contributed by atoms with Crippen LogP contribution in [0.4, 0.5) is 4.79 Å². The van der Waals surface area contributed by atoms with Crippen molar-refractivity contribution in [3.63, 3.8) is 0 Å². The molecule has 0 fully saturated rings. The molecule has 1 aromatic heterocycles. The molecule has 2 atom stereocenters. The molecule has 2 amide bonds. The van der Waals surface area contributed by atoms with Crippen LogP contribution in [-0.2, 0) is 32.0 Å². The van der Waals surface area contributed by atoms with Gasteiger partial charge in [0, 0.05) is 36.4 Å². The average molecular weight is 508 g/mol. The van der Waals surface area contributed by atoms with Crippen molar-refractivity contribution in [1.29, 1.82) is 0 Å². The Bertz CT molecular complexity index is 1250. The second kappa shape index (κ2) is 12.2. The van der Waals surface area contributed by atoms with Crippen molar-refractivity contribution in [2.24, 2.45) is 0 Å². The maximum Gasteiger partial charge on any atom is 0.408 e. The molecule has 0 spiro atoms. The number of para-hydroxylation sites is 1. The van der Waals surface area contributed by atoms with E-state index in [2.05, 4.69) is 15.6 Å². The van der Waals surface area contributed by atoms with Crippen LogP contribution in [0.1, 0.15) is 44.7 Å². The van der Waals surface area contributed by atoms with Crippen molar-refractivity contribution in [2.75, 3.05) is 0 Å². The van der Waals surface area contributed by atoms with E-state index in [0.717, 1.165) is 22.0 Å². The molecule has 37 heavy (non-hydrogen) atoms. The van der Waals surface area contributed by atoms with E-state index in [1.807, 2.05) is 54.6 Å². The van der Waals surface area contributed by atoms with E-state index < -0.39 is 35.7 Å². The number of carbonyl (C=O) groups is 4. The number of alkyl carbamates (subject to hydrolysis) is 1. The third kappa shape index (κ3) is 8.49. The van der Waals surface area contributed by atoms with Crippen molar-refractivity contribution >= 4 is 34.7 Å². The molecule has 0 aliphatic rings. The van der Waals surface area contributed by atoms with Gasteiger partial charge in [0.05, 0.1) is 6.04 Å². The van der Waals surface area contributed by atoms with Crippen molar-refractivity contribution in [3.05, 3.63) is 71.9 Å². The number of aliphatic carboxylic acids is 1. The number of benzene rings is 2. The Labute approximate surface area is 215 Å². The van der Waals surface area contributed by atoms with Gasteiger partial charge in [-0.25, -0.2) is 9.59 Å². The number of aromatic amines is 1. The standard InChI is InChI=1S/C28H33N3O6/c1-28(2,3)37-27(36)31-22(15-18-9-5-4-6-10-18)24(32)13-14-25(33)30-23(26(34)35)16-19-17-29-21-12-8-7-11-20(19)21/h4-12,17,22-23,29H,13-16H2,1-3H3,(H,30,33)(H,31,36)(H,34,35)/t22-,23-/m0/s1. The van der Waals surface area contributed by atoms with Gasteiger partial charge < -0.3 is 25.5 Å². The Morgan fingerprint density at radius 3 is 2.24 bits per heavy atom. The van der Waals surface area contributed by atoms with Crippen LogP contribution in [0.5, 0.6) is 0 Å². The number of rotatable bonds is 11. The molecule has 3 aromatic rings. The second-order valence-electron chi connectivity index (χ2n) is 9.88. The van der Waals surface area contributed by atoms with Crippen LogP contribution >= 0.6 is 0 Å². The van der Waals surface area contributed by atoms with Crippen LogP contribution < -0.4 is 10.6 Å². The first-order chi connectivity index (χ1) is 17.5. The molecule has 0 aliphatic heterocycles. The maximum absolute atomic E-state index is 13.0. The Balaban J connectivity index is 1.61. The van der Waals surface area contributed by atoms with Crippen LogP contribution in [0, 0.1) is 0 Å². The minimum Gasteiger partial charge on any atom is -0.480 e. The maximum atomic E-state index is 13.0. The fourth-order valence-corrected chi connectivity index (χ4v) is 3.94. The first kappa shape index (κ1) is 27.4. The molecule has 0 saturated carbocycles. The number of Topliss-reactive ketones (excluding diaryl/α,β-unsaturated/α-hetero) is 1. The van der Waals surface area contributed by atoms with E-state index in [1.54, 1.807) is 27.0 Å². The molecule has 0 radical (unpaired) electrons. The number of hydrogen-bond acceptors (Lipinski definition) is 5. The minimum atomic E-state index is -1.17. The van der Waals surface area contributed by atoms with E-state index in [9.17, 15) is 24.3 Å². The Morgan fingerprint density at radius 1 is 0.892 bits per heavy atom. The Kier molecular flexibility index (Phi) is 9.05. The van der Waals surface area contributed by atoms with Crippen molar-refractivity contribution < 1.29 is 29.0 Å². The van der Waals surface area contributed by atoms with E-state index >= 15 is 0 Å². The Hall–Kier alpha value is -4.14. The monoisotopic (exact) mass is 507 g/mol. The lowest BCUT2D eigenvalue weighted by Crippen LogP contribution is -2.45. The average Bonchev–Trinajstić information content (AvgIpc) is 3.24. The summed E-state index contributed by atoms with van der Waals surface area (Å²) in [6.45, 7) is 5.17. The highest BCUT2D eigenvalue weighted by atomic mass is 16.6. The Morgan fingerprint density at radius 2 is 1.57 bits per heavy atom. The summed E-state index contributed by atoms with van der Waals surface area (Å²) in [5.41, 5.74) is 1.75. The van der Waals surface area contributed by atoms with Crippen molar-refractivity contribution in [1.82, 2.24) is 15.6 Å². The van der Waals surface area contributed by atoms with Gasteiger partial charge in [-0.05, 0) is 44.4 Å². The lowest BCUT2D eigenvalue weighted by Gasteiger charge is -2.23. The zero-order valence-corrected chi connectivity index (χ0v) is 21.2. The minimum absolute atomic E-state index is 0.0931. The van der Waals surface area contributed by atoms with E-state index in [4.69, 9.17) is 4.74 Å². The van der Waals surface area contributed by atoms with Crippen LogP contribution in [0.15, 0.2) is 60.8 Å². The summed E-state index contributed by atoms with van der Waals surface area (Å²) in [7, 11) is 0. The molecule has 9 nitrogen and oxygen atoms in total. The number of carbonyl (C=O) groups excluding carboxylic acids is 3. The number of fused-ring (bicyclic) bond motifs is 1. The highest BCUT2D eigenvalue weighted by Gasteiger charge is 2.26. The third-order valence-corrected chi connectivity index (χ3v) is 5.69. The summed E-state index contributed by atoms with van der Waals surface area (Å²) >= 11 is 0. The molecular weight excluding hydrogens is 474 g/mol. The molecule has 0 saturated heterocycles. The van der Waals surface area contributed by atoms with Crippen LogP contribution in [0.3, 0.4) is 0 Å². The number of hydrogen-bond donors (Lipinski definition) is 4. The summed E-state index contributed by atoms with van der Waals surface area (Å²) in [6, 6.07) is 14.6. The number of H-pyrrole nitrogens is 1. The summed E-state index contributed by atoms with van der Waals surface area (Å²) in [5.74, 6) is -2.08. The van der Waals surface area contributed by atoms with Crippen molar-refractivity contribution in [3.8, 4) is 0 Å². The molecule has 0 bridgehead atoms. The van der Waals surface area contributed by atoms with E-state index in [-0.39, 0.29) is 31.5 Å². The second-order valence-corrected chi connectivity index (χ2v) is 9.88. The van der Waals surface area contributed by atoms with Gasteiger partial charge in [0.15, 0.2) is 5.78 Å². The van der Waals surface area contributed by atoms with Gasteiger partial charge in [0.2, 0.25) is 5.91 Å². The SMILES string of the molecule is CC(C)(C)OC(=O)N[C@@H](Cc1ccccc1)C(=O)CCC(=O)N[C@@H](Cc1c[nH]c2ccccc12)C(=O)O. The first-order valence-electron chi connectivity index (χ1n) is 12.1. The number of ether oxygens (including phenoxy) is 1. The van der Waals surface area contributed by atoms with Gasteiger partial charge in [-0.15, -0.1) is 0 Å². The van der Waals surface area contributed by atoms with Crippen LogP contribution in [-0.4, -0.2) is 51.5 Å². The zero-order valence-electron chi connectivity index (χ0n) is 21.2. The lowest BCUT2D eigenvalue weighted by molar-refractivity contribution is -0.141. The van der Waals surface area contributed by atoms with Gasteiger partial charge in [-0.1, -0.05) is 48.5 Å². The molecule has 1 heterocycles. The molecule has 2 aromatic carbocycles.